The molecule has 2 rings (SSSR count). The van der Waals surface area contributed by atoms with Crippen LogP contribution in [0.5, 0.6) is 0 Å². The Morgan fingerprint density at radius 2 is 2.00 bits per heavy atom. The van der Waals surface area contributed by atoms with Crippen molar-refractivity contribution in [1.82, 2.24) is 9.94 Å². The average molecular weight is 276 g/mol. The molecule has 1 aromatic heterocycles. The number of carbonyl (C=O) groups is 1. The van der Waals surface area contributed by atoms with E-state index in [2.05, 4.69) is 39.0 Å². The van der Waals surface area contributed by atoms with Gasteiger partial charge in [0, 0.05) is 10.9 Å². The molecule has 0 aliphatic heterocycles. The standard InChI is InChI=1S/C14H20N2O2Si/c1-14(2,3)12-6-7-13-10(11(12)9-17)8-15-16(13)18-19(4)5/h6-9,19H,1-5H3. The molecule has 0 fully saturated rings. The summed E-state index contributed by atoms with van der Waals surface area (Å²) in [6, 6.07) is 3.97. The summed E-state index contributed by atoms with van der Waals surface area (Å²) in [5.41, 5.74) is 2.54. The molecule has 0 atom stereocenters. The maximum absolute atomic E-state index is 11.5. The van der Waals surface area contributed by atoms with Crippen LogP contribution in [0.1, 0.15) is 36.7 Å². The zero-order chi connectivity index (χ0) is 14.2. The smallest absolute Gasteiger partial charge is 0.266 e. The Morgan fingerprint density at radius 3 is 2.53 bits per heavy atom. The summed E-state index contributed by atoms with van der Waals surface area (Å²) in [5, 5.41) is 5.10. The third kappa shape index (κ3) is 2.56. The molecule has 2 aromatic rings. The van der Waals surface area contributed by atoms with Gasteiger partial charge >= 0.3 is 0 Å². The monoisotopic (exact) mass is 276 g/mol. The number of aromatic nitrogens is 2. The van der Waals surface area contributed by atoms with Gasteiger partial charge in [-0.1, -0.05) is 26.8 Å². The van der Waals surface area contributed by atoms with Gasteiger partial charge in [0.25, 0.3) is 9.04 Å². The van der Waals surface area contributed by atoms with Crippen LogP contribution in [0.25, 0.3) is 10.9 Å². The summed E-state index contributed by atoms with van der Waals surface area (Å²) >= 11 is 0. The zero-order valence-electron chi connectivity index (χ0n) is 12.1. The van der Waals surface area contributed by atoms with Gasteiger partial charge in [-0.2, -0.15) is 0 Å². The molecule has 0 spiro atoms. The second-order valence-corrected chi connectivity index (χ2v) is 8.31. The van der Waals surface area contributed by atoms with Gasteiger partial charge in [-0.05, 0) is 30.1 Å². The zero-order valence-corrected chi connectivity index (χ0v) is 13.3. The molecule has 0 amide bonds. The Kier molecular flexibility index (Phi) is 3.49. The summed E-state index contributed by atoms with van der Waals surface area (Å²) in [4.78, 5) is 13.0. The highest BCUT2D eigenvalue weighted by Gasteiger charge is 2.21. The molecule has 0 aliphatic carbocycles. The Balaban J connectivity index is 2.65. The fourth-order valence-corrected chi connectivity index (χ4v) is 2.73. The van der Waals surface area contributed by atoms with E-state index >= 15 is 0 Å². The van der Waals surface area contributed by atoms with Crippen LogP contribution in [0.4, 0.5) is 0 Å². The molecule has 4 nitrogen and oxygen atoms in total. The fraction of sp³-hybridized carbons (Fsp3) is 0.429. The molecule has 0 aliphatic rings. The lowest BCUT2D eigenvalue weighted by molar-refractivity contribution is 0.112. The van der Waals surface area contributed by atoms with Gasteiger partial charge in [0.05, 0.1) is 6.20 Å². The molecule has 0 radical (unpaired) electrons. The number of fused-ring (bicyclic) bond motifs is 1. The number of benzene rings is 1. The van der Waals surface area contributed by atoms with Gasteiger partial charge in [0.2, 0.25) is 0 Å². The minimum atomic E-state index is -1.23. The second-order valence-electron chi connectivity index (χ2n) is 6.00. The summed E-state index contributed by atoms with van der Waals surface area (Å²) < 4.78 is 5.72. The van der Waals surface area contributed by atoms with Crippen molar-refractivity contribution in [2.45, 2.75) is 39.3 Å². The predicted molar refractivity (Wildman–Crippen MR) is 79.3 cm³/mol. The second kappa shape index (κ2) is 4.81. The van der Waals surface area contributed by atoms with E-state index in [0.717, 1.165) is 22.8 Å². The van der Waals surface area contributed by atoms with E-state index in [1.54, 1.807) is 11.0 Å². The van der Waals surface area contributed by atoms with E-state index in [-0.39, 0.29) is 5.41 Å². The van der Waals surface area contributed by atoms with Crippen molar-refractivity contribution in [2.24, 2.45) is 0 Å². The van der Waals surface area contributed by atoms with Crippen molar-refractivity contribution in [1.29, 1.82) is 0 Å². The highest BCUT2D eigenvalue weighted by Crippen LogP contribution is 2.30. The number of hydrogen-bond donors (Lipinski definition) is 0. The normalized spacial score (nSPS) is 12.1. The maximum atomic E-state index is 11.5. The van der Waals surface area contributed by atoms with Crippen molar-refractivity contribution < 1.29 is 9.32 Å². The first kappa shape index (κ1) is 13.8. The molecule has 5 heteroatoms. The van der Waals surface area contributed by atoms with E-state index in [1.165, 1.54) is 0 Å². The number of nitrogens with zero attached hydrogens (tertiary/aromatic N) is 2. The highest BCUT2D eigenvalue weighted by atomic mass is 28.3. The molecular weight excluding hydrogens is 256 g/mol. The number of hydrogen-bond acceptors (Lipinski definition) is 3. The van der Waals surface area contributed by atoms with E-state index in [0.29, 0.717) is 5.56 Å². The molecule has 0 saturated heterocycles. The van der Waals surface area contributed by atoms with Crippen LogP contribution in [0.2, 0.25) is 13.1 Å². The van der Waals surface area contributed by atoms with Gasteiger partial charge in [-0.15, -0.1) is 9.94 Å². The average Bonchev–Trinajstić information content (AvgIpc) is 2.69. The van der Waals surface area contributed by atoms with Crippen LogP contribution in [-0.2, 0) is 5.41 Å². The van der Waals surface area contributed by atoms with Gasteiger partial charge in [0.1, 0.15) is 5.52 Å². The molecular formula is C14H20N2O2Si. The summed E-state index contributed by atoms with van der Waals surface area (Å²) in [6.45, 7) is 10.5. The van der Waals surface area contributed by atoms with Crippen LogP contribution in [0.3, 0.4) is 0 Å². The van der Waals surface area contributed by atoms with Crippen LogP contribution >= 0.6 is 0 Å². The van der Waals surface area contributed by atoms with Crippen molar-refractivity contribution in [3.05, 3.63) is 29.5 Å². The van der Waals surface area contributed by atoms with E-state index < -0.39 is 9.04 Å². The Labute approximate surface area is 115 Å². The molecule has 0 N–H and O–H groups in total. The summed E-state index contributed by atoms with van der Waals surface area (Å²) in [6.07, 6.45) is 2.63. The Hall–Kier alpha value is -1.62. The van der Waals surface area contributed by atoms with Crippen LogP contribution < -0.4 is 4.53 Å². The quantitative estimate of drug-likeness (QED) is 0.639. The van der Waals surface area contributed by atoms with E-state index in [9.17, 15) is 4.79 Å². The molecule has 0 saturated carbocycles. The predicted octanol–water partition coefficient (Wildman–Crippen LogP) is 2.56. The van der Waals surface area contributed by atoms with Crippen LogP contribution in [0, 0.1) is 0 Å². The SMILES string of the molecule is C[SiH](C)On1ncc2c(C=O)c(C(C)(C)C)ccc21. The first-order valence-corrected chi connectivity index (χ1v) is 9.26. The first-order chi connectivity index (χ1) is 8.84. The van der Waals surface area contributed by atoms with Crippen molar-refractivity contribution in [2.75, 3.05) is 0 Å². The van der Waals surface area contributed by atoms with Gasteiger partial charge < -0.3 is 4.53 Å². The topological polar surface area (TPSA) is 44.1 Å². The summed E-state index contributed by atoms with van der Waals surface area (Å²) in [7, 11) is -1.23. The lowest BCUT2D eigenvalue weighted by Crippen LogP contribution is -2.23. The lowest BCUT2D eigenvalue weighted by atomic mass is 9.83. The third-order valence-corrected chi connectivity index (χ3v) is 3.62. The molecule has 0 unspecified atom stereocenters. The lowest BCUT2D eigenvalue weighted by Gasteiger charge is -2.21. The molecule has 19 heavy (non-hydrogen) atoms. The maximum Gasteiger partial charge on any atom is 0.266 e. The third-order valence-electron chi connectivity index (χ3n) is 3.00. The largest absolute Gasteiger partial charge is 0.460 e. The van der Waals surface area contributed by atoms with Crippen molar-refractivity contribution >= 4 is 26.2 Å². The van der Waals surface area contributed by atoms with Gasteiger partial charge in [-0.3, -0.25) is 4.79 Å². The van der Waals surface area contributed by atoms with Crippen LogP contribution in [-0.4, -0.2) is 25.3 Å². The minimum Gasteiger partial charge on any atom is -0.460 e. The van der Waals surface area contributed by atoms with E-state index in [1.807, 2.05) is 12.1 Å². The molecule has 102 valence electrons. The number of aldehydes is 1. The molecule has 1 aromatic carbocycles. The highest BCUT2D eigenvalue weighted by molar-refractivity contribution is 6.48. The minimum absolute atomic E-state index is 0.0693. The molecule has 1 heterocycles. The summed E-state index contributed by atoms with van der Waals surface area (Å²) in [5.74, 6) is 0. The Morgan fingerprint density at radius 1 is 1.32 bits per heavy atom. The van der Waals surface area contributed by atoms with E-state index in [4.69, 9.17) is 4.53 Å². The van der Waals surface area contributed by atoms with Gasteiger partial charge in [0.15, 0.2) is 6.29 Å². The first-order valence-electron chi connectivity index (χ1n) is 6.48. The van der Waals surface area contributed by atoms with Gasteiger partial charge in [-0.25, -0.2) is 0 Å². The molecule has 0 bridgehead atoms. The fourth-order valence-electron chi connectivity index (χ4n) is 2.16. The Bertz CT molecular complexity index is 612. The number of carbonyl (C=O) groups excluding carboxylic acids is 1. The van der Waals surface area contributed by atoms with Crippen molar-refractivity contribution in [3.8, 4) is 0 Å². The van der Waals surface area contributed by atoms with Crippen molar-refractivity contribution in [3.63, 3.8) is 0 Å². The van der Waals surface area contributed by atoms with Crippen LogP contribution in [0.15, 0.2) is 18.3 Å². The number of rotatable bonds is 3.